The van der Waals surface area contributed by atoms with Gasteiger partial charge in [-0.15, -0.1) is 0 Å². The first kappa shape index (κ1) is 21.2. The summed E-state index contributed by atoms with van der Waals surface area (Å²) in [5.41, 5.74) is 8.92. The van der Waals surface area contributed by atoms with E-state index in [1.54, 1.807) is 0 Å². The largest absolute Gasteiger partial charge is 0.484 e. The van der Waals surface area contributed by atoms with Crippen molar-refractivity contribution >= 4 is 11.6 Å². The van der Waals surface area contributed by atoms with Crippen LogP contribution in [0.2, 0.25) is 0 Å². The van der Waals surface area contributed by atoms with Crippen LogP contribution < -0.4 is 10.2 Å². The van der Waals surface area contributed by atoms with Crippen LogP contribution in [0.1, 0.15) is 28.4 Å². The lowest BCUT2D eigenvalue weighted by Gasteiger charge is -2.40. The van der Waals surface area contributed by atoms with Crippen LogP contribution in [0.4, 0.5) is 0 Å². The van der Waals surface area contributed by atoms with Gasteiger partial charge in [-0.05, 0) is 30.2 Å². The minimum absolute atomic E-state index is 0.00513. The molecule has 0 aliphatic carbocycles. The normalized spacial score (nSPS) is 18.2. The SMILES string of the molecule is Cc1cccc(OCC(=O)N2CCN(C3NN=C(c4ccccc4)c4ccccc43)CC2)c1. The van der Waals surface area contributed by atoms with E-state index < -0.39 is 0 Å². The van der Waals surface area contributed by atoms with Crippen molar-refractivity contribution < 1.29 is 9.53 Å². The predicted octanol–water partition coefficient (Wildman–Crippen LogP) is 3.57. The Balaban J connectivity index is 1.22. The van der Waals surface area contributed by atoms with E-state index in [9.17, 15) is 4.79 Å². The molecule has 2 heterocycles. The Hall–Kier alpha value is -3.64. The van der Waals surface area contributed by atoms with Gasteiger partial charge >= 0.3 is 0 Å². The molecule has 1 unspecified atom stereocenters. The Labute approximate surface area is 194 Å². The van der Waals surface area contributed by atoms with Gasteiger partial charge in [-0.3, -0.25) is 15.1 Å². The summed E-state index contributed by atoms with van der Waals surface area (Å²) in [6, 6.07) is 26.5. The zero-order valence-corrected chi connectivity index (χ0v) is 18.8. The summed E-state index contributed by atoms with van der Waals surface area (Å²) in [4.78, 5) is 16.9. The molecule has 1 N–H and O–H groups in total. The topological polar surface area (TPSA) is 57.2 Å². The van der Waals surface area contributed by atoms with Gasteiger partial charge in [-0.1, -0.05) is 66.7 Å². The van der Waals surface area contributed by atoms with E-state index >= 15 is 0 Å². The number of ether oxygens (including phenoxy) is 1. The predicted molar refractivity (Wildman–Crippen MR) is 129 cm³/mol. The summed E-state index contributed by atoms with van der Waals surface area (Å²) in [7, 11) is 0. The Kier molecular flexibility index (Phi) is 6.09. The van der Waals surface area contributed by atoms with Gasteiger partial charge < -0.3 is 9.64 Å². The van der Waals surface area contributed by atoms with Crippen LogP contribution in [-0.4, -0.2) is 54.2 Å². The minimum Gasteiger partial charge on any atom is -0.484 e. The molecular formula is C27H28N4O2. The first-order valence-electron chi connectivity index (χ1n) is 11.4. The van der Waals surface area contributed by atoms with Crippen LogP contribution in [0, 0.1) is 6.92 Å². The van der Waals surface area contributed by atoms with Crippen LogP contribution in [0.5, 0.6) is 5.75 Å². The first-order chi connectivity index (χ1) is 16.2. The number of amides is 1. The van der Waals surface area contributed by atoms with E-state index in [0.29, 0.717) is 13.1 Å². The van der Waals surface area contributed by atoms with Crippen molar-refractivity contribution in [1.29, 1.82) is 0 Å². The molecule has 168 valence electrons. The summed E-state index contributed by atoms with van der Waals surface area (Å²) < 4.78 is 5.71. The standard InChI is InChI=1S/C27H28N4O2/c1-20-8-7-11-22(18-20)33-19-25(32)30-14-16-31(17-15-30)27-24-13-6-5-12-23(24)26(28-29-27)21-9-3-2-4-10-21/h2-13,18,27,29H,14-17,19H2,1H3. The summed E-state index contributed by atoms with van der Waals surface area (Å²) in [6.07, 6.45) is -0.00513. The fourth-order valence-electron chi connectivity index (χ4n) is 4.47. The lowest BCUT2D eigenvalue weighted by atomic mass is 9.94. The monoisotopic (exact) mass is 440 g/mol. The van der Waals surface area contributed by atoms with Gasteiger partial charge in [0.25, 0.3) is 5.91 Å². The zero-order valence-electron chi connectivity index (χ0n) is 18.8. The van der Waals surface area contributed by atoms with Gasteiger partial charge in [0.05, 0.1) is 5.71 Å². The van der Waals surface area contributed by atoms with Crippen LogP contribution in [0.3, 0.4) is 0 Å². The number of rotatable bonds is 5. The Morgan fingerprint density at radius 3 is 2.52 bits per heavy atom. The van der Waals surface area contributed by atoms with Gasteiger partial charge in [0.15, 0.2) is 6.61 Å². The van der Waals surface area contributed by atoms with Crippen LogP contribution in [-0.2, 0) is 4.79 Å². The van der Waals surface area contributed by atoms with E-state index in [1.807, 2.05) is 54.3 Å². The van der Waals surface area contributed by atoms with Gasteiger partial charge in [-0.2, -0.15) is 5.10 Å². The summed E-state index contributed by atoms with van der Waals surface area (Å²) in [5, 5.41) is 4.75. The van der Waals surface area contributed by atoms with Gasteiger partial charge in [0.1, 0.15) is 11.9 Å². The number of carbonyl (C=O) groups excluding carboxylic acids is 1. The number of piperazine rings is 1. The van der Waals surface area contributed by atoms with Crippen molar-refractivity contribution in [2.24, 2.45) is 5.10 Å². The van der Waals surface area contributed by atoms with E-state index in [1.165, 1.54) is 5.56 Å². The highest BCUT2D eigenvalue weighted by Gasteiger charge is 2.31. The molecule has 33 heavy (non-hydrogen) atoms. The smallest absolute Gasteiger partial charge is 0.260 e. The molecule has 1 fully saturated rings. The molecule has 0 aromatic heterocycles. The van der Waals surface area contributed by atoms with Crippen molar-refractivity contribution in [3.8, 4) is 5.75 Å². The fourth-order valence-corrected chi connectivity index (χ4v) is 4.47. The Bertz CT molecular complexity index is 1150. The third-order valence-electron chi connectivity index (χ3n) is 6.24. The second kappa shape index (κ2) is 9.46. The maximum atomic E-state index is 12.7. The molecule has 0 saturated carbocycles. The average Bonchev–Trinajstić information content (AvgIpc) is 2.87. The van der Waals surface area contributed by atoms with E-state index in [0.717, 1.165) is 41.2 Å². The molecule has 1 atom stereocenters. The molecule has 1 saturated heterocycles. The molecule has 6 heteroatoms. The van der Waals surface area contributed by atoms with Crippen LogP contribution in [0.15, 0.2) is 84.0 Å². The van der Waals surface area contributed by atoms with E-state index in [4.69, 9.17) is 9.84 Å². The number of nitrogens with zero attached hydrogens (tertiary/aromatic N) is 3. The van der Waals surface area contributed by atoms with Gasteiger partial charge in [0, 0.05) is 37.3 Å². The van der Waals surface area contributed by atoms with Crippen molar-refractivity contribution in [2.75, 3.05) is 32.8 Å². The highest BCUT2D eigenvalue weighted by Crippen LogP contribution is 2.29. The molecule has 3 aromatic rings. The van der Waals surface area contributed by atoms with Gasteiger partial charge in [-0.25, -0.2) is 0 Å². The summed E-state index contributed by atoms with van der Waals surface area (Å²) in [5.74, 6) is 0.759. The maximum Gasteiger partial charge on any atom is 0.260 e. The highest BCUT2D eigenvalue weighted by molar-refractivity contribution is 6.14. The molecule has 1 amide bonds. The molecular weight excluding hydrogens is 412 g/mol. The molecule has 0 radical (unpaired) electrons. The molecule has 0 bridgehead atoms. The quantitative estimate of drug-likeness (QED) is 0.659. The number of aryl methyl sites for hydroxylation is 1. The Morgan fingerprint density at radius 2 is 1.73 bits per heavy atom. The first-order valence-corrected chi connectivity index (χ1v) is 11.4. The third-order valence-corrected chi connectivity index (χ3v) is 6.24. The number of nitrogens with one attached hydrogen (secondary N) is 1. The third kappa shape index (κ3) is 4.61. The lowest BCUT2D eigenvalue weighted by Crippen LogP contribution is -2.53. The summed E-state index contributed by atoms with van der Waals surface area (Å²) >= 11 is 0. The Morgan fingerprint density at radius 1 is 0.970 bits per heavy atom. The number of hydrogen-bond donors (Lipinski definition) is 1. The second-order valence-electron chi connectivity index (χ2n) is 8.47. The number of carbonyl (C=O) groups is 1. The average molecular weight is 441 g/mol. The van der Waals surface area contributed by atoms with Crippen LogP contribution in [0.25, 0.3) is 0 Å². The molecule has 3 aromatic carbocycles. The maximum absolute atomic E-state index is 12.7. The number of fused-ring (bicyclic) bond motifs is 1. The van der Waals surface area contributed by atoms with Crippen molar-refractivity contribution in [1.82, 2.24) is 15.2 Å². The van der Waals surface area contributed by atoms with E-state index in [2.05, 4.69) is 46.7 Å². The van der Waals surface area contributed by atoms with Crippen LogP contribution >= 0.6 is 0 Å². The number of benzene rings is 3. The molecule has 2 aliphatic rings. The minimum atomic E-state index is -0.00513. The zero-order chi connectivity index (χ0) is 22.6. The molecule has 5 rings (SSSR count). The molecule has 0 spiro atoms. The molecule has 6 nitrogen and oxygen atoms in total. The highest BCUT2D eigenvalue weighted by atomic mass is 16.5. The fraction of sp³-hybridized carbons (Fsp3) is 0.259. The lowest BCUT2D eigenvalue weighted by molar-refractivity contribution is -0.135. The molecule has 2 aliphatic heterocycles. The van der Waals surface area contributed by atoms with Crippen molar-refractivity contribution in [3.05, 3.63) is 101 Å². The number of hydrogen-bond acceptors (Lipinski definition) is 5. The second-order valence-corrected chi connectivity index (χ2v) is 8.47. The number of hydrazone groups is 1. The van der Waals surface area contributed by atoms with Crippen molar-refractivity contribution in [3.63, 3.8) is 0 Å². The van der Waals surface area contributed by atoms with Gasteiger partial charge in [0.2, 0.25) is 0 Å². The van der Waals surface area contributed by atoms with E-state index in [-0.39, 0.29) is 18.7 Å². The van der Waals surface area contributed by atoms with Crippen molar-refractivity contribution in [2.45, 2.75) is 13.1 Å². The summed E-state index contributed by atoms with van der Waals surface area (Å²) in [6.45, 7) is 4.98.